The van der Waals surface area contributed by atoms with Crippen molar-refractivity contribution in [2.45, 2.75) is 70.9 Å². The second-order valence-electron chi connectivity index (χ2n) is 4.84. The third-order valence-electron chi connectivity index (χ3n) is 3.85. The van der Waals surface area contributed by atoms with Gasteiger partial charge in [-0.25, -0.2) is 0 Å². The summed E-state index contributed by atoms with van der Waals surface area (Å²) < 4.78 is 0. The fourth-order valence-electron chi connectivity index (χ4n) is 2.78. The molecule has 1 fully saturated rings. The van der Waals surface area contributed by atoms with Crippen molar-refractivity contribution in [1.29, 1.82) is 0 Å². The highest BCUT2D eigenvalue weighted by atomic mass is 16.3. The van der Waals surface area contributed by atoms with E-state index in [0.717, 1.165) is 18.8 Å². The van der Waals surface area contributed by atoms with Gasteiger partial charge in [0, 0.05) is 18.7 Å². The molecule has 0 bridgehead atoms. The Balaban J connectivity index is 2.38. The molecular weight excluding hydrogens is 186 g/mol. The van der Waals surface area contributed by atoms with E-state index in [0.29, 0.717) is 18.7 Å². The first-order valence-electron chi connectivity index (χ1n) is 6.68. The molecule has 0 aromatic rings. The summed E-state index contributed by atoms with van der Waals surface area (Å²) in [5.41, 5.74) is 0. The highest BCUT2D eigenvalue weighted by molar-refractivity contribution is 4.82. The Morgan fingerprint density at radius 2 is 2.00 bits per heavy atom. The first-order valence-corrected chi connectivity index (χ1v) is 6.68. The van der Waals surface area contributed by atoms with Gasteiger partial charge in [0.15, 0.2) is 0 Å². The molecule has 1 rings (SSSR count). The standard InChI is InChI=1S/C13H27NO/c1-3-11-7-5-6-8-13(11)14-12(4-2)9-10-15/h11-15H,3-10H2,1-2H3. The van der Waals surface area contributed by atoms with E-state index >= 15 is 0 Å². The third kappa shape index (κ3) is 4.12. The highest BCUT2D eigenvalue weighted by Crippen LogP contribution is 2.27. The Bertz CT molecular complexity index is 161. The van der Waals surface area contributed by atoms with Crippen molar-refractivity contribution in [3.63, 3.8) is 0 Å². The quantitative estimate of drug-likeness (QED) is 0.711. The van der Waals surface area contributed by atoms with Gasteiger partial charge < -0.3 is 10.4 Å². The van der Waals surface area contributed by atoms with Crippen LogP contribution in [0.5, 0.6) is 0 Å². The fraction of sp³-hybridized carbons (Fsp3) is 1.00. The van der Waals surface area contributed by atoms with E-state index in [1.54, 1.807) is 0 Å². The van der Waals surface area contributed by atoms with Gasteiger partial charge in [-0.1, -0.05) is 33.1 Å². The molecule has 0 aromatic heterocycles. The number of nitrogens with one attached hydrogen (secondary N) is 1. The van der Waals surface area contributed by atoms with Crippen LogP contribution in [0.2, 0.25) is 0 Å². The number of hydrogen-bond acceptors (Lipinski definition) is 2. The first kappa shape index (κ1) is 13.0. The number of aliphatic hydroxyl groups excluding tert-OH is 1. The van der Waals surface area contributed by atoms with Crippen LogP contribution in [0.15, 0.2) is 0 Å². The average Bonchev–Trinajstić information content (AvgIpc) is 2.29. The van der Waals surface area contributed by atoms with Crippen LogP contribution in [0, 0.1) is 5.92 Å². The third-order valence-corrected chi connectivity index (χ3v) is 3.85. The molecule has 0 heterocycles. The van der Waals surface area contributed by atoms with E-state index < -0.39 is 0 Å². The molecule has 2 heteroatoms. The lowest BCUT2D eigenvalue weighted by Gasteiger charge is -2.34. The molecule has 2 nitrogen and oxygen atoms in total. The molecule has 2 N–H and O–H groups in total. The van der Waals surface area contributed by atoms with E-state index in [9.17, 15) is 0 Å². The van der Waals surface area contributed by atoms with Crippen LogP contribution in [0.3, 0.4) is 0 Å². The summed E-state index contributed by atoms with van der Waals surface area (Å²) in [4.78, 5) is 0. The van der Waals surface area contributed by atoms with Crippen molar-refractivity contribution >= 4 is 0 Å². The van der Waals surface area contributed by atoms with Crippen LogP contribution in [0.4, 0.5) is 0 Å². The van der Waals surface area contributed by atoms with Crippen molar-refractivity contribution in [2.75, 3.05) is 6.61 Å². The van der Waals surface area contributed by atoms with Crippen LogP contribution < -0.4 is 5.32 Å². The Morgan fingerprint density at radius 3 is 2.60 bits per heavy atom. The van der Waals surface area contributed by atoms with Crippen molar-refractivity contribution in [3.8, 4) is 0 Å². The van der Waals surface area contributed by atoms with Gasteiger partial charge in [-0.15, -0.1) is 0 Å². The van der Waals surface area contributed by atoms with Crippen LogP contribution in [-0.4, -0.2) is 23.8 Å². The number of aliphatic hydroxyl groups is 1. The molecule has 0 spiro atoms. The Hall–Kier alpha value is -0.0800. The molecule has 1 aliphatic rings. The van der Waals surface area contributed by atoms with Crippen molar-refractivity contribution in [2.24, 2.45) is 5.92 Å². The molecule has 3 atom stereocenters. The van der Waals surface area contributed by atoms with Crippen LogP contribution >= 0.6 is 0 Å². The monoisotopic (exact) mass is 213 g/mol. The second-order valence-corrected chi connectivity index (χ2v) is 4.84. The van der Waals surface area contributed by atoms with Gasteiger partial charge in [0.1, 0.15) is 0 Å². The zero-order chi connectivity index (χ0) is 11.1. The maximum absolute atomic E-state index is 8.98. The molecule has 0 saturated heterocycles. The molecule has 90 valence electrons. The van der Waals surface area contributed by atoms with Crippen molar-refractivity contribution in [1.82, 2.24) is 5.32 Å². The summed E-state index contributed by atoms with van der Waals surface area (Å²) in [6.07, 6.45) is 8.85. The summed E-state index contributed by atoms with van der Waals surface area (Å²) in [5.74, 6) is 0.867. The Kier molecular flexibility index (Phi) is 6.26. The predicted molar refractivity (Wildman–Crippen MR) is 65.0 cm³/mol. The molecule has 1 saturated carbocycles. The lowest BCUT2D eigenvalue weighted by molar-refractivity contribution is 0.208. The Morgan fingerprint density at radius 1 is 1.27 bits per heavy atom. The van der Waals surface area contributed by atoms with Gasteiger partial charge in [0.2, 0.25) is 0 Å². The summed E-state index contributed by atoms with van der Waals surface area (Å²) in [5, 5.41) is 12.7. The van der Waals surface area contributed by atoms with Crippen LogP contribution in [0.1, 0.15) is 58.8 Å². The average molecular weight is 213 g/mol. The van der Waals surface area contributed by atoms with Crippen molar-refractivity contribution in [3.05, 3.63) is 0 Å². The van der Waals surface area contributed by atoms with E-state index in [4.69, 9.17) is 5.11 Å². The summed E-state index contributed by atoms with van der Waals surface area (Å²) >= 11 is 0. The summed E-state index contributed by atoms with van der Waals surface area (Å²) in [6.45, 7) is 4.82. The van der Waals surface area contributed by atoms with E-state index in [1.807, 2.05) is 0 Å². The zero-order valence-electron chi connectivity index (χ0n) is 10.3. The first-order chi connectivity index (χ1) is 7.31. The van der Waals surface area contributed by atoms with Crippen LogP contribution in [-0.2, 0) is 0 Å². The molecule has 1 aliphatic carbocycles. The molecule has 3 unspecified atom stereocenters. The van der Waals surface area contributed by atoms with Crippen LogP contribution in [0.25, 0.3) is 0 Å². The van der Waals surface area contributed by atoms with E-state index in [1.165, 1.54) is 32.1 Å². The Labute approximate surface area is 94.5 Å². The molecule has 0 amide bonds. The zero-order valence-corrected chi connectivity index (χ0v) is 10.3. The largest absolute Gasteiger partial charge is 0.396 e. The van der Waals surface area contributed by atoms with E-state index in [2.05, 4.69) is 19.2 Å². The molecule has 0 aliphatic heterocycles. The SMILES string of the molecule is CCC(CCO)NC1CCCCC1CC. The second kappa shape index (κ2) is 7.24. The summed E-state index contributed by atoms with van der Waals surface area (Å²) in [6, 6.07) is 1.23. The highest BCUT2D eigenvalue weighted by Gasteiger charge is 2.24. The maximum atomic E-state index is 8.98. The fourth-order valence-corrected chi connectivity index (χ4v) is 2.78. The molecular formula is C13H27NO. The van der Waals surface area contributed by atoms with Gasteiger partial charge in [0.05, 0.1) is 0 Å². The van der Waals surface area contributed by atoms with Crippen molar-refractivity contribution < 1.29 is 5.11 Å². The number of rotatable bonds is 6. The molecule has 15 heavy (non-hydrogen) atoms. The summed E-state index contributed by atoms with van der Waals surface area (Å²) in [7, 11) is 0. The van der Waals surface area contributed by atoms with Gasteiger partial charge in [-0.2, -0.15) is 0 Å². The minimum atomic E-state index is 0.315. The molecule has 0 radical (unpaired) electrons. The van der Waals surface area contributed by atoms with E-state index in [-0.39, 0.29) is 0 Å². The van der Waals surface area contributed by atoms with Gasteiger partial charge >= 0.3 is 0 Å². The minimum absolute atomic E-state index is 0.315. The topological polar surface area (TPSA) is 32.3 Å². The smallest absolute Gasteiger partial charge is 0.0445 e. The molecule has 0 aromatic carbocycles. The van der Waals surface area contributed by atoms with Gasteiger partial charge in [-0.3, -0.25) is 0 Å². The predicted octanol–water partition coefficient (Wildman–Crippen LogP) is 2.71. The number of hydrogen-bond donors (Lipinski definition) is 2. The van der Waals surface area contributed by atoms with Gasteiger partial charge in [0.25, 0.3) is 0 Å². The van der Waals surface area contributed by atoms with Gasteiger partial charge in [-0.05, 0) is 31.6 Å². The minimum Gasteiger partial charge on any atom is -0.396 e. The lowest BCUT2D eigenvalue weighted by atomic mass is 9.82. The lowest BCUT2D eigenvalue weighted by Crippen LogP contribution is -2.44. The normalized spacial score (nSPS) is 29.0. The maximum Gasteiger partial charge on any atom is 0.0445 e.